The smallest absolute Gasteiger partial charge is 0.262 e. The monoisotopic (exact) mass is 408 g/mol. The molecule has 1 aromatic heterocycles. The number of sulfonamides is 1. The van der Waals surface area contributed by atoms with Crippen LogP contribution in [0.5, 0.6) is 0 Å². The van der Waals surface area contributed by atoms with Gasteiger partial charge >= 0.3 is 0 Å². The number of benzene rings is 2. The predicted octanol–water partition coefficient (Wildman–Crippen LogP) is 3.60. The fraction of sp³-hybridized carbons (Fsp3) is 0.238. The molecule has 148 valence electrons. The number of aryl methyl sites for hydroxylation is 2. The standard InChI is InChI=1S/C21H20N4O3S/c1-14-5-8-19(21-20(14)17(12-23)13-24-21)25-29(26,27)18-7-6-15(4-3-9-28-2)16(10-18)11-22/h5-8,10,13,24-25H,3-4,9H2,1-2H3. The summed E-state index contributed by atoms with van der Waals surface area (Å²) in [6.45, 7) is 2.42. The number of nitrogens with one attached hydrogen (secondary N) is 2. The predicted molar refractivity (Wildman–Crippen MR) is 110 cm³/mol. The summed E-state index contributed by atoms with van der Waals surface area (Å²) >= 11 is 0. The lowest BCUT2D eigenvalue weighted by molar-refractivity contribution is 0.195. The van der Waals surface area contributed by atoms with E-state index in [-0.39, 0.29) is 4.90 Å². The highest BCUT2D eigenvalue weighted by molar-refractivity contribution is 7.92. The number of aromatic amines is 1. The molecule has 8 heteroatoms. The highest BCUT2D eigenvalue weighted by Crippen LogP contribution is 2.30. The first-order valence-corrected chi connectivity index (χ1v) is 10.4. The van der Waals surface area contributed by atoms with Crippen molar-refractivity contribution in [1.29, 1.82) is 10.5 Å². The van der Waals surface area contributed by atoms with Gasteiger partial charge < -0.3 is 9.72 Å². The molecule has 1 heterocycles. The molecule has 0 unspecified atom stereocenters. The summed E-state index contributed by atoms with van der Waals surface area (Å²) < 4.78 is 33.4. The Morgan fingerprint density at radius 1 is 1.14 bits per heavy atom. The van der Waals surface area contributed by atoms with E-state index in [1.54, 1.807) is 31.5 Å². The van der Waals surface area contributed by atoms with Gasteiger partial charge in [-0.3, -0.25) is 4.72 Å². The lowest BCUT2D eigenvalue weighted by Crippen LogP contribution is -2.14. The summed E-state index contributed by atoms with van der Waals surface area (Å²) in [5, 5.41) is 19.4. The van der Waals surface area contributed by atoms with E-state index in [4.69, 9.17) is 4.74 Å². The van der Waals surface area contributed by atoms with E-state index in [2.05, 4.69) is 21.8 Å². The molecule has 0 bridgehead atoms. The lowest BCUT2D eigenvalue weighted by atomic mass is 10.0. The van der Waals surface area contributed by atoms with Crippen molar-refractivity contribution in [3.63, 3.8) is 0 Å². The molecule has 0 aliphatic heterocycles. The van der Waals surface area contributed by atoms with Gasteiger partial charge in [-0.05, 0) is 49.1 Å². The van der Waals surface area contributed by atoms with Crippen LogP contribution in [-0.4, -0.2) is 27.1 Å². The topological polar surface area (TPSA) is 119 Å². The van der Waals surface area contributed by atoms with Gasteiger partial charge in [-0.25, -0.2) is 8.42 Å². The van der Waals surface area contributed by atoms with Gasteiger partial charge in [0.05, 0.1) is 33.3 Å². The summed E-state index contributed by atoms with van der Waals surface area (Å²) in [6.07, 6.45) is 2.92. The van der Waals surface area contributed by atoms with Crippen LogP contribution in [0.25, 0.3) is 10.9 Å². The molecule has 2 N–H and O–H groups in total. The fourth-order valence-electron chi connectivity index (χ4n) is 3.25. The van der Waals surface area contributed by atoms with E-state index in [0.29, 0.717) is 40.7 Å². The summed E-state index contributed by atoms with van der Waals surface area (Å²) in [5.74, 6) is 0. The maximum Gasteiger partial charge on any atom is 0.262 e. The van der Waals surface area contributed by atoms with Gasteiger partial charge in [0.2, 0.25) is 0 Å². The van der Waals surface area contributed by atoms with Gasteiger partial charge in [0, 0.05) is 25.3 Å². The third-order valence-corrected chi connectivity index (χ3v) is 6.08. The molecule has 0 saturated carbocycles. The molecule has 3 aromatic rings. The molecule has 7 nitrogen and oxygen atoms in total. The molecule has 0 saturated heterocycles. The van der Waals surface area contributed by atoms with Crippen LogP contribution in [0, 0.1) is 29.6 Å². The highest BCUT2D eigenvalue weighted by Gasteiger charge is 2.19. The molecular weight excluding hydrogens is 388 g/mol. The van der Waals surface area contributed by atoms with Crippen molar-refractivity contribution in [3.8, 4) is 12.1 Å². The SMILES string of the molecule is COCCCc1ccc(S(=O)(=O)Nc2ccc(C)c3c(C#N)c[nH]c23)cc1C#N. The zero-order chi connectivity index (χ0) is 21.0. The van der Waals surface area contributed by atoms with E-state index < -0.39 is 10.0 Å². The van der Waals surface area contributed by atoms with E-state index in [9.17, 15) is 18.9 Å². The quantitative estimate of drug-likeness (QED) is 0.579. The van der Waals surface area contributed by atoms with E-state index in [1.807, 2.05) is 6.92 Å². The van der Waals surface area contributed by atoms with Gasteiger partial charge in [-0.1, -0.05) is 12.1 Å². The van der Waals surface area contributed by atoms with Crippen LogP contribution in [0.4, 0.5) is 5.69 Å². The summed E-state index contributed by atoms with van der Waals surface area (Å²) in [6, 6.07) is 12.1. The summed E-state index contributed by atoms with van der Waals surface area (Å²) in [7, 11) is -2.31. The average molecular weight is 408 g/mol. The molecule has 2 aromatic carbocycles. The van der Waals surface area contributed by atoms with Gasteiger partial charge in [0.1, 0.15) is 6.07 Å². The van der Waals surface area contributed by atoms with Crippen molar-refractivity contribution >= 4 is 26.6 Å². The molecule has 29 heavy (non-hydrogen) atoms. The number of nitrogens with zero attached hydrogens (tertiary/aromatic N) is 2. The molecule has 0 aliphatic rings. The maximum atomic E-state index is 12.9. The van der Waals surface area contributed by atoms with Crippen LogP contribution in [0.2, 0.25) is 0 Å². The van der Waals surface area contributed by atoms with Crippen molar-refractivity contribution < 1.29 is 13.2 Å². The molecular formula is C21H20N4O3S. The van der Waals surface area contributed by atoms with E-state index in [0.717, 1.165) is 17.5 Å². The summed E-state index contributed by atoms with van der Waals surface area (Å²) in [4.78, 5) is 2.97. The van der Waals surface area contributed by atoms with Crippen molar-refractivity contribution in [2.45, 2.75) is 24.7 Å². The van der Waals surface area contributed by atoms with Gasteiger partial charge in [0.25, 0.3) is 10.0 Å². The maximum absolute atomic E-state index is 12.9. The lowest BCUT2D eigenvalue weighted by Gasteiger charge is -2.12. The Labute approximate surface area is 169 Å². The van der Waals surface area contributed by atoms with Crippen molar-refractivity contribution in [2.24, 2.45) is 0 Å². The first-order chi connectivity index (χ1) is 13.9. The normalized spacial score (nSPS) is 11.2. The van der Waals surface area contributed by atoms with Crippen molar-refractivity contribution in [2.75, 3.05) is 18.4 Å². The number of hydrogen-bond acceptors (Lipinski definition) is 5. The number of methoxy groups -OCH3 is 1. The number of rotatable bonds is 7. The fourth-order valence-corrected chi connectivity index (χ4v) is 4.35. The Morgan fingerprint density at radius 3 is 2.59 bits per heavy atom. The van der Waals surface area contributed by atoms with Crippen LogP contribution in [0.1, 0.15) is 28.7 Å². The second-order valence-corrected chi connectivity index (χ2v) is 8.31. The molecule has 0 atom stereocenters. The van der Waals surface area contributed by atoms with Crippen LogP contribution in [0.3, 0.4) is 0 Å². The van der Waals surface area contributed by atoms with Crippen LogP contribution < -0.4 is 4.72 Å². The highest BCUT2D eigenvalue weighted by atomic mass is 32.2. The van der Waals surface area contributed by atoms with E-state index in [1.165, 1.54) is 12.1 Å². The minimum atomic E-state index is -3.92. The Balaban J connectivity index is 1.96. The average Bonchev–Trinajstić information content (AvgIpc) is 3.15. The van der Waals surface area contributed by atoms with Crippen LogP contribution >= 0.6 is 0 Å². The van der Waals surface area contributed by atoms with Crippen LogP contribution in [0.15, 0.2) is 41.4 Å². The van der Waals surface area contributed by atoms with Crippen LogP contribution in [-0.2, 0) is 21.2 Å². The molecule has 3 rings (SSSR count). The number of ether oxygens (including phenoxy) is 1. The molecule has 0 fully saturated rings. The number of anilines is 1. The minimum absolute atomic E-state index is 0.00493. The molecule has 0 aliphatic carbocycles. The Kier molecular flexibility index (Phi) is 5.88. The number of hydrogen-bond donors (Lipinski definition) is 2. The number of aromatic nitrogens is 1. The second kappa shape index (κ2) is 8.36. The Bertz CT molecular complexity index is 1250. The van der Waals surface area contributed by atoms with E-state index >= 15 is 0 Å². The van der Waals surface area contributed by atoms with Crippen molar-refractivity contribution in [1.82, 2.24) is 4.98 Å². The number of H-pyrrole nitrogens is 1. The largest absolute Gasteiger partial charge is 0.385 e. The molecule has 0 radical (unpaired) electrons. The van der Waals surface area contributed by atoms with Gasteiger partial charge in [-0.15, -0.1) is 0 Å². The Hall–Kier alpha value is -3.33. The summed E-state index contributed by atoms with van der Waals surface area (Å²) in [5.41, 5.74) is 3.31. The second-order valence-electron chi connectivity index (χ2n) is 6.63. The molecule has 0 amide bonds. The zero-order valence-corrected chi connectivity index (χ0v) is 16.9. The zero-order valence-electron chi connectivity index (χ0n) is 16.1. The first-order valence-electron chi connectivity index (χ1n) is 8.97. The first kappa shape index (κ1) is 20.4. The van der Waals surface area contributed by atoms with Gasteiger partial charge in [-0.2, -0.15) is 10.5 Å². The Morgan fingerprint density at radius 2 is 1.90 bits per heavy atom. The third-order valence-electron chi connectivity index (χ3n) is 4.72. The van der Waals surface area contributed by atoms with Gasteiger partial charge in [0.15, 0.2) is 0 Å². The molecule has 0 spiro atoms. The third kappa shape index (κ3) is 4.09. The number of fused-ring (bicyclic) bond motifs is 1. The minimum Gasteiger partial charge on any atom is -0.385 e. The van der Waals surface area contributed by atoms with Crippen molar-refractivity contribution in [3.05, 3.63) is 58.8 Å². The number of nitriles is 2.